The van der Waals surface area contributed by atoms with Crippen molar-refractivity contribution in [2.24, 2.45) is 5.10 Å². The molecule has 0 bridgehead atoms. The number of ether oxygens (including phenoxy) is 2. The van der Waals surface area contributed by atoms with E-state index in [-0.39, 0.29) is 11.5 Å². The Morgan fingerprint density at radius 2 is 1.71 bits per heavy atom. The van der Waals surface area contributed by atoms with Gasteiger partial charge in [0.15, 0.2) is 6.61 Å². The van der Waals surface area contributed by atoms with Crippen molar-refractivity contribution in [3.05, 3.63) is 90.0 Å². The van der Waals surface area contributed by atoms with Crippen LogP contribution in [0.15, 0.2) is 88.9 Å². The van der Waals surface area contributed by atoms with Crippen molar-refractivity contribution in [2.75, 3.05) is 24.6 Å². The Morgan fingerprint density at radius 1 is 1.00 bits per heavy atom. The van der Waals surface area contributed by atoms with Gasteiger partial charge in [-0.25, -0.2) is 18.6 Å². The van der Waals surface area contributed by atoms with Crippen LogP contribution in [-0.4, -0.2) is 46.8 Å². The van der Waals surface area contributed by atoms with E-state index in [9.17, 15) is 18.0 Å². The van der Waals surface area contributed by atoms with Gasteiger partial charge in [0.25, 0.3) is 15.9 Å². The second kappa shape index (κ2) is 11.8. The minimum absolute atomic E-state index is 0.0700. The zero-order valence-electron chi connectivity index (χ0n) is 19.2. The Hall–Kier alpha value is -4.18. The van der Waals surface area contributed by atoms with Crippen LogP contribution in [0.4, 0.5) is 5.69 Å². The predicted molar refractivity (Wildman–Crippen MR) is 132 cm³/mol. The quantitative estimate of drug-likeness (QED) is 0.263. The average molecular weight is 496 g/mol. The van der Waals surface area contributed by atoms with Crippen LogP contribution in [0.1, 0.15) is 11.1 Å². The molecule has 0 radical (unpaired) electrons. The number of hydrazone groups is 1. The summed E-state index contributed by atoms with van der Waals surface area (Å²) in [6.07, 6.45) is 1.38. The Bertz CT molecular complexity index is 1290. The van der Waals surface area contributed by atoms with Crippen molar-refractivity contribution in [1.82, 2.24) is 5.43 Å². The molecule has 0 saturated heterocycles. The normalized spacial score (nSPS) is 11.1. The Kier molecular flexibility index (Phi) is 8.58. The Morgan fingerprint density at radius 3 is 2.40 bits per heavy atom. The molecule has 0 unspecified atom stereocenters. The highest BCUT2D eigenvalue weighted by Gasteiger charge is 2.27. The molecule has 35 heavy (non-hydrogen) atoms. The van der Waals surface area contributed by atoms with Crippen LogP contribution in [0.5, 0.6) is 5.75 Å². The van der Waals surface area contributed by atoms with Crippen molar-refractivity contribution in [3.63, 3.8) is 0 Å². The van der Waals surface area contributed by atoms with Crippen LogP contribution in [0.2, 0.25) is 0 Å². The fourth-order valence-electron chi connectivity index (χ4n) is 2.98. The number of nitrogens with one attached hydrogen (secondary N) is 1. The highest BCUT2D eigenvalue weighted by Crippen LogP contribution is 2.23. The molecule has 9 nitrogen and oxygen atoms in total. The van der Waals surface area contributed by atoms with Crippen LogP contribution in [0.25, 0.3) is 0 Å². The molecule has 182 valence electrons. The first-order valence-electron chi connectivity index (χ1n) is 10.6. The van der Waals surface area contributed by atoms with Gasteiger partial charge >= 0.3 is 5.97 Å². The Labute approximate surface area is 204 Å². The third-order valence-electron chi connectivity index (χ3n) is 4.79. The highest BCUT2D eigenvalue weighted by atomic mass is 32.2. The van der Waals surface area contributed by atoms with E-state index in [2.05, 4.69) is 15.3 Å². The van der Waals surface area contributed by atoms with E-state index in [0.717, 1.165) is 9.87 Å². The zero-order valence-corrected chi connectivity index (χ0v) is 20.1. The molecule has 0 heterocycles. The first kappa shape index (κ1) is 25.4. The number of anilines is 1. The van der Waals surface area contributed by atoms with Crippen LogP contribution in [-0.2, 0) is 24.3 Å². The summed E-state index contributed by atoms with van der Waals surface area (Å²) in [5, 5.41) is 3.92. The lowest BCUT2D eigenvalue weighted by atomic mass is 10.2. The first-order chi connectivity index (χ1) is 16.8. The molecule has 0 aliphatic heterocycles. The predicted octanol–water partition coefficient (Wildman–Crippen LogP) is 2.89. The zero-order chi connectivity index (χ0) is 25.3. The third-order valence-corrected chi connectivity index (χ3v) is 6.57. The molecule has 3 aromatic carbocycles. The third kappa shape index (κ3) is 7.15. The molecule has 10 heteroatoms. The van der Waals surface area contributed by atoms with E-state index in [1.807, 2.05) is 6.92 Å². The number of carbonyl (C=O) groups excluding carboxylic acids is 2. The lowest BCUT2D eigenvalue weighted by molar-refractivity contribution is -0.142. The number of nitrogens with zero attached hydrogens (tertiary/aromatic N) is 2. The smallest absolute Gasteiger partial charge is 0.343 e. The summed E-state index contributed by atoms with van der Waals surface area (Å²) in [7, 11) is -2.73. The number of sulfonamides is 1. The number of rotatable bonds is 10. The van der Waals surface area contributed by atoms with Gasteiger partial charge in [0.2, 0.25) is 0 Å². The molecule has 1 N–H and O–H groups in total. The highest BCUT2D eigenvalue weighted by molar-refractivity contribution is 7.92. The largest absolute Gasteiger partial charge is 0.482 e. The molecular weight excluding hydrogens is 470 g/mol. The second-order valence-electron chi connectivity index (χ2n) is 7.39. The summed E-state index contributed by atoms with van der Waals surface area (Å²) in [6.45, 7) is 1.18. The number of hydrogen-bond acceptors (Lipinski definition) is 7. The molecule has 0 aliphatic carbocycles. The molecule has 0 aromatic heterocycles. The van der Waals surface area contributed by atoms with Gasteiger partial charge in [0.1, 0.15) is 12.3 Å². The van der Waals surface area contributed by atoms with Gasteiger partial charge in [0, 0.05) is 0 Å². The summed E-state index contributed by atoms with van der Waals surface area (Å²) in [5.74, 6) is -0.718. The van der Waals surface area contributed by atoms with Gasteiger partial charge in [-0.15, -0.1) is 0 Å². The fraction of sp³-hybridized carbons (Fsp3) is 0.160. The monoisotopic (exact) mass is 495 g/mol. The van der Waals surface area contributed by atoms with Crippen LogP contribution < -0.4 is 14.5 Å². The topological polar surface area (TPSA) is 114 Å². The number of carbonyl (C=O) groups is 2. The maximum Gasteiger partial charge on any atom is 0.343 e. The number of aryl methyl sites for hydroxylation is 1. The van der Waals surface area contributed by atoms with Crippen LogP contribution in [0.3, 0.4) is 0 Å². The number of hydrogen-bond donors (Lipinski definition) is 1. The van der Waals surface area contributed by atoms with Gasteiger partial charge < -0.3 is 9.47 Å². The number of amides is 1. The minimum Gasteiger partial charge on any atom is -0.482 e. The van der Waals surface area contributed by atoms with E-state index in [1.54, 1.807) is 66.7 Å². The van der Waals surface area contributed by atoms with E-state index >= 15 is 0 Å². The van der Waals surface area contributed by atoms with Gasteiger partial charge in [-0.1, -0.05) is 48.0 Å². The summed E-state index contributed by atoms with van der Waals surface area (Å²) >= 11 is 0. The van der Waals surface area contributed by atoms with E-state index < -0.39 is 28.4 Å². The maximum atomic E-state index is 13.3. The summed E-state index contributed by atoms with van der Waals surface area (Å²) in [4.78, 5) is 23.9. The SMILES string of the molecule is COC(=O)COc1cccc(C=NNC(=O)CN(c2ccc(C)cc2)S(=O)(=O)c2ccccc2)c1. The second-order valence-corrected chi connectivity index (χ2v) is 9.25. The summed E-state index contributed by atoms with van der Waals surface area (Å²) in [5.41, 5.74) is 4.26. The number of methoxy groups -OCH3 is 1. The van der Waals surface area contributed by atoms with Gasteiger partial charge in [-0.05, 0) is 48.9 Å². The standard InChI is InChI=1S/C25H25N3O6S/c1-19-11-13-21(14-12-19)28(35(31,32)23-9-4-3-5-10-23)17-24(29)27-26-16-20-7-6-8-22(15-20)34-18-25(30)33-2/h3-16H,17-18H2,1-2H3,(H,27,29). The molecular formula is C25H25N3O6S. The molecule has 0 aliphatic rings. The van der Waals surface area contributed by atoms with E-state index in [4.69, 9.17) is 4.74 Å². The fourth-order valence-corrected chi connectivity index (χ4v) is 4.42. The summed E-state index contributed by atoms with van der Waals surface area (Å²) in [6, 6.07) is 21.4. The van der Waals surface area contributed by atoms with Gasteiger partial charge in [-0.2, -0.15) is 5.10 Å². The van der Waals surface area contributed by atoms with Crippen LogP contribution >= 0.6 is 0 Å². The summed E-state index contributed by atoms with van der Waals surface area (Å²) < 4.78 is 37.4. The van der Waals surface area contributed by atoms with E-state index in [0.29, 0.717) is 17.0 Å². The van der Waals surface area contributed by atoms with Crippen LogP contribution in [0, 0.1) is 6.92 Å². The maximum absolute atomic E-state index is 13.3. The molecule has 1 amide bonds. The molecule has 0 saturated carbocycles. The molecule has 3 aromatic rings. The van der Waals surface area contributed by atoms with Crippen molar-refractivity contribution in [2.45, 2.75) is 11.8 Å². The molecule has 0 fully saturated rings. The molecule has 3 rings (SSSR count). The lowest BCUT2D eigenvalue weighted by Crippen LogP contribution is -2.39. The molecule has 0 atom stereocenters. The average Bonchev–Trinajstić information content (AvgIpc) is 2.87. The Balaban J connectivity index is 1.72. The van der Waals surface area contributed by atoms with Crippen molar-refractivity contribution in [1.29, 1.82) is 0 Å². The number of esters is 1. The van der Waals surface area contributed by atoms with Crippen molar-refractivity contribution in [3.8, 4) is 5.75 Å². The minimum atomic E-state index is -3.99. The van der Waals surface area contributed by atoms with Gasteiger partial charge in [0.05, 0.1) is 23.9 Å². The van der Waals surface area contributed by atoms with Gasteiger partial charge in [-0.3, -0.25) is 9.10 Å². The molecule has 0 spiro atoms. The lowest BCUT2D eigenvalue weighted by Gasteiger charge is -2.23. The van der Waals surface area contributed by atoms with E-state index in [1.165, 1.54) is 25.5 Å². The first-order valence-corrected chi connectivity index (χ1v) is 12.0. The van der Waals surface area contributed by atoms with Crippen molar-refractivity contribution >= 4 is 33.8 Å². The number of benzene rings is 3. The van der Waals surface area contributed by atoms with Crippen molar-refractivity contribution < 1.29 is 27.5 Å².